The zero-order valence-electron chi connectivity index (χ0n) is 9.19. The third-order valence-corrected chi connectivity index (χ3v) is 2.90. The maximum Gasteiger partial charge on any atom is 0.161 e. The number of fused-ring (bicyclic) bond motifs is 1. The normalized spacial score (nSPS) is 19.8. The Balaban J connectivity index is 2.11. The van der Waals surface area contributed by atoms with E-state index in [1.165, 1.54) is 11.3 Å². The van der Waals surface area contributed by atoms with Gasteiger partial charge in [0.15, 0.2) is 6.29 Å². The van der Waals surface area contributed by atoms with E-state index in [0.29, 0.717) is 5.92 Å². The van der Waals surface area contributed by atoms with Crippen molar-refractivity contribution in [2.45, 2.75) is 12.7 Å². The van der Waals surface area contributed by atoms with E-state index < -0.39 is 0 Å². The van der Waals surface area contributed by atoms with Crippen LogP contribution in [-0.4, -0.2) is 27.1 Å². The van der Waals surface area contributed by atoms with Crippen molar-refractivity contribution < 1.29 is 9.47 Å². The molecule has 0 aliphatic carbocycles. The van der Waals surface area contributed by atoms with Gasteiger partial charge in [-0.15, -0.1) is 0 Å². The molecule has 1 aromatic carbocycles. The summed E-state index contributed by atoms with van der Waals surface area (Å²) < 4.78 is 10.6. The lowest BCUT2D eigenvalue weighted by molar-refractivity contribution is -0.134. The molecule has 0 saturated carbocycles. The molecule has 1 aliphatic rings. The Kier molecular flexibility index (Phi) is 3.23. The van der Waals surface area contributed by atoms with Crippen molar-refractivity contribution in [3.05, 3.63) is 29.8 Å². The Bertz CT molecular complexity index is 323. The molecule has 0 aromatic heterocycles. The molecule has 0 fully saturated rings. The van der Waals surface area contributed by atoms with Crippen molar-refractivity contribution in [3.63, 3.8) is 0 Å². The van der Waals surface area contributed by atoms with Crippen LogP contribution in [0.2, 0.25) is 0 Å². The molecule has 0 bridgehead atoms. The Labute approximate surface area is 90.4 Å². The molecular formula is C12H17NO2. The molecule has 1 aromatic rings. The van der Waals surface area contributed by atoms with Gasteiger partial charge in [-0.25, -0.2) is 0 Å². The van der Waals surface area contributed by atoms with E-state index in [9.17, 15) is 0 Å². The SMILES string of the molecule is COC(OC)[C@H]1CNc2ccccc2C1. The lowest BCUT2D eigenvalue weighted by Crippen LogP contribution is -2.35. The summed E-state index contributed by atoms with van der Waals surface area (Å²) in [7, 11) is 3.38. The van der Waals surface area contributed by atoms with Crippen molar-refractivity contribution in [3.8, 4) is 0 Å². The third kappa shape index (κ3) is 2.13. The van der Waals surface area contributed by atoms with Crippen molar-refractivity contribution in [1.82, 2.24) is 0 Å². The minimum atomic E-state index is -0.120. The maximum atomic E-state index is 5.29. The highest BCUT2D eigenvalue weighted by Crippen LogP contribution is 2.26. The van der Waals surface area contributed by atoms with Crippen LogP contribution in [-0.2, 0) is 15.9 Å². The molecule has 1 heterocycles. The third-order valence-electron chi connectivity index (χ3n) is 2.90. The average molecular weight is 207 g/mol. The van der Waals surface area contributed by atoms with Crippen LogP contribution in [0.15, 0.2) is 24.3 Å². The summed E-state index contributed by atoms with van der Waals surface area (Å²) >= 11 is 0. The highest BCUT2D eigenvalue weighted by molar-refractivity contribution is 5.53. The summed E-state index contributed by atoms with van der Waals surface area (Å²) in [5.41, 5.74) is 2.58. The Hall–Kier alpha value is -1.06. The van der Waals surface area contributed by atoms with Gasteiger partial charge in [-0.3, -0.25) is 0 Å². The Morgan fingerprint density at radius 1 is 1.27 bits per heavy atom. The molecule has 0 spiro atoms. The van der Waals surface area contributed by atoms with Crippen LogP contribution in [0.5, 0.6) is 0 Å². The number of hydrogen-bond donors (Lipinski definition) is 1. The number of para-hydroxylation sites is 1. The first-order chi connectivity index (χ1) is 7.35. The van der Waals surface area contributed by atoms with Gasteiger partial charge in [-0.05, 0) is 18.1 Å². The van der Waals surface area contributed by atoms with Gasteiger partial charge in [0.1, 0.15) is 0 Å². The van der Waals surface area contributed by atoms with Gasteiger partial charge in [0.05, 0.1) is 0 Å². The van der Waals surface area contributed by atoms with Crippen LogP contribution in [0.4, 0.5) is 5.69 Å². The van der Waals surface area contributed by atoms with Crippen LogP contribution in [0.1, 0.15) is 5.56 Å². The molecule has 1 N–H and O–H groups in total. The highest BCUT2D eigenvalue weighted by atomic mass is 16.7. The van der Waals surface area contributed by atoms with Gasteiger partial charge >= 0.3 is 0 Å². The first-order valence-corrected chi connectivity index (χ1v) is 5.22. The first kappa shape index (κ1) is 10.5. The molecule has 1 aliphatic heterocycles. The van der Waals surface area contributed by atoms with Crippen LogP contribution in [0.25, 0.3) is 0 Å². The number of nitrogens with one attached hydrogen (secondary N) is 1. The summed E-state index contributed by atoms with van der Waals surface area (Å²) in [5.74, 6) is 0.384. The first-order valence-electron chi connectivity index (χ1n) is 5.22. The fourth-order valence-electron chi connectivity index (χ4n) is 2.14. The predicted molar refractivity (Wildman–Crippen MR) is 59.9 cm³/mol. The van der Waals surface area contributed by atoms with E-state index in [1.807, 2.05) is 0 Å². The van der Waals surface area contributed by atoms with E-state index in [-0.39, 0.29) is 6.29 Å². The highest BCUT2D eigenvalue weighted by Gasteiger charge is 2.25. The minimum absolute atomic E-state index is 0.120. The van der Waals surface area contributed by atoms with Gasteiger partial charge in [0, 0.05) is 32.4 Å². The monoisotopic (exact) mass is 207 g/mol. The number of anilines is 1. The number of hydrogen-bond acceptors (Lipinski definition) is 3. The zero-order valence-corrected chi connectivity index (χ0v) is 9.19. The van der Waals surface area contributed by atoms with Crippen LogP contribution in [0.3, 0.4) is 0 Å². The molecule has 3 nitrogen and oxygen atoms in total. The van der Waals surface area contributed by atoms with E-state index >= 15 is 0 Å². The molecule has 0 unspecified atom stereocenters. The summed E-state index contributed by atoms with van der Waals surface area (Å²) in [4.78, 5) is 0. The van der Waals surface area contributed by atoms with E-state index in [1.54, 1.807) is 14.2 Å². The van der Waals surface area contributed by atoms with Crippen LogP contribution < -0.4 is 5.32 Å². The summed E-state index contributed by atoms with van der Waals surface area (Å²) in [6, 6.07) is 8.38. The lowest BCUT2D eigenvalue weighted by atomic mass is 9.93. The molecule has 3 heteroatoms. The Morgan fingerprint density at radius 3 is 2.73 bits per heavy atom. The largest absolute Gasteiger partial charge is 0.384 e. The zero-order chi connectivity index (χ0) is 10.7. The average Bonchev–Trinajstić information content (AvgIpc) is 2.30. The Morgan fingerprint density at radius 2 is 2.00 bits per heavy atom. The second kappa shape index (κ2) is 4.64. The molecular weight excluding hydrogens is 190 g/mol. The fraction of sp³-hybridized carbons (Fsp3) is 0.500. The van der Waals surface area contributed by atoms with E-state index in [4.69, 9.17) is 9.47 Å². The molecule has 0 saturated heterocycles. The molecule has 15 heavy (non-hydrogen) atoms. The molecule has 82 valence electrons. The molecule has 0 radical (unpaired) electrons. The standard InChI is InChI=1S/C12H17NO2/c1-14-12(15-2)10-7-9-5-3-4-6-11(9)13-8-10/h3-6,10,12-13H,7-8H2,1-2H3/t10-/m1/s1. The summed E-state index contributed by atoms with van der Waals surface area (Å²) in [5, 5.41) is 3.40. The van der Waals surface area contributed by atoms with E-state index in [2.05, 4.69) is 29.6 Å². The van der Waals surface area contributed by atoms with Gasteiger partial charge in [0.2, 0.25) is 0 Å². The minimum Gasteiger partial charge on any atom is -0.384 e. The van der Waals surface area contributed by atoms with Crippen molar-refractivity contribution in [1.29, 1.82) is 0 Å². The topological polar surface area (TPSA) is 30.5 Å². The van der Waals surface area contributed by atoms with Crippen molar-refractivity contribution in [2.75, 3.05) is 26.1 Å². The summed E-state index contributed by atoms with van der Waals surface area (Å²) in [6.45, 7) is 0.906. The molecule has 0 amide bonds. The van der Waals surface area contributed by atoms with E-state index in [0.717, 1.165) is 13.0 Å². The van der Waals surface area contributed by atoms with Crippen molar-refractivity contribution in [2.24, 2.45) is 5.92 Å². The smallest absolute Gasteiger partial charge is 0.161 e. The number of ether oxygens (including phenoxy) is 2. The molecule has 2 rings (SSSR count). The van der Waals surface area contributed by atoms with Gasteiger partial charge in [0.25, 0.3) is 0 Å². The summed E-state index contributed by atoms with van der Waals surface area (Å²) in [6.07, 6.45) is 0.890. The number of benzene rings is 1. The quantitative estimate of drug-likeness (QED) is 0.768. The number of rotatable bonds is 3. The van der Waals surface area contributed by atoms with Gasteiger partial charge < -0.3 is 14.8 Å². The van der Waals surface area contributed by atoms with Crippen LogP contribution >= 0.6 is 0 Å². The predicted octanol–water partition coefficient (Wildman–Crippen LogP) is 1.89. The molecule has 1 atom stereocenters. The van der Waals surface area contributed by atoms with Gasteiger partial charge in [-0.2, -0.15) is 0 Å². The second-order valence-corrected chi connectivity index (χ2v) is 3.84. The number of methoxy groups -OCH3 is 2. The maximum absolute atomic E-state index is 5.29. The second-order valence-electron chi connectivity index (χ2n) is 3.84. The van der Waals surface area contributed by atoms with Crippen molar-refractivity contribution >= 4 is 5.69 Å². The van der Waals surface area contributed by atoms with Gasteiger partial charge in [-0.1, -0.05) is 18.2 Å². The van der Waals surface area contributed by atoms with Crippen LogP contribution in [0, 0.1) is 5.92 Å². The lowest BCUT2D eigenvalue weighted by Gasteiger charge is -2.30. The fourth-order valence-corrected chi connectivity index (χ4v) is 2.14.